The van der Waals surface area contributed by atoms with Gasteiger partial charge in [-0.05, 0) is 43.5 Å². The molecule has 0 unspecified atom stereocenters. The summed E-state index contributed by atoms with van der Waals surface area (Å²) in [5.74, 6) is 0.273. The molecule has 23 heavy (non-hydrogen) atoms. The zero-order chi connectivity index (χ0) is 16.2. The van der Waals surface area contributed by atoms with Crippen molar-refractivity contribution in [3.8, 4) is 0 Å². The highest BCUT2D eigenvalue weighted by Crippen LogP contribution is 2.27. The fourth-order valence-electron chi connectivity index (χ4n) is 2.51. The molecule has 1 amide bonds. The number of anilines is 2. The van der Waals surface area contributed by atoms with Gasteiger partial charge >= 0.3 is 0 Å². The monoisotopic (exact) mass is 350 g/mol. The molecule has 5 nitrogen and oxygen atoms in total. The van der Waals surface area contributed by atoms with E-state index in [0.29, 0.717) is 27.4 Å². The molecule has 0 atom stereocenters. The van der Waals surface area contributed by atoms with E-state index in [1.807, 2.05) is 4.90 Å². The van der Waals surface area contributed by atoms with Crippen LogP contribution in [-0.4, -0.2) is 33.9 Å². The van der Waals surface area contributed by atoms with Crippen molar-refractivity contribution in [2.45, 2.75) is 19.3 Å². The maximum absolute atomic E-state index is 12.5. The number of nitrogens with zero attached hydrogens (tertiary/aromatic N) is 3. The quantitative estimate of drug-likeness (QED) is 0.902. The van der Waals surface area contributed by atoms with E-state index in [0.717, 1.165) is 25.9 Å². The van der Waals surface area contributed by atoms with Crippen LogP contribution in [0.4, 0.5) is 11.6 Å². The molecule has 1 fully saturated rings. The molecule has 1 aromatic heterocycles. The van der Waals surface area contributed by atoms with Crippen molar-refractivity contribution in [1.29, 1.82) is 0 Å². The Kier molecular flexibility index (Phi) is 4.98. The molecule has 1 N–H and O–H groups in total. The number of halogens is 2. The summed E-state index contributed by atoms with van der Waals surface area (Å²) in [6.07, 6.45) is 4.83. The molecule has 1 aliphatic rings. The van der Waals surface area contributed by atoms with Gasteiger partial charge in [-0.3, -0.25) is 4.79 Å². The van der Waals surface area contributed by atoms with E-state index in [9.17, 15) is 4.79 Å². The van der Waals surface area contributed by atoms with Gasteiger partial charge in [-0.25, -0.2) is 9.97 Å². The van der Waals surface area contributed by atoms with Crippen LogP contribution in [0.2, 0.25) is 10.0 Å². The van der Waals surface area contributed by atoms with E-state index >= 15 is 0 Å². The lowest BCUT2D eigenvalue weighted by atomic mass is 10.1. The van der Waals surface area contributed by atoms with Crippen LogP contribution in [0.15, 0.2) is 30.5 Å². The van der Waals surface area contributed by atoms with Gasteiger partial charge in [-0.1, -0.05) is 23.2 Å². The minimum Gasteiger partial charge on any atom is -0.337 e. The first-order valence-electron chi connectivity index (χ1n) is 7.48. The number of amides is 1. The fourth-order valence-corrected chi connectivity index (χ4v) is 2.96. The number of piperidine rings is 1. The average Bonchev–Trinajstić information content (AvgIpc) is 2.58. The van der Waals surface area contributed by atoms with Gasteiger partial charge < -0.3 is 10.2 Å². The van der Waals surface area contributed by atoms with Crippen molar-refractivity contribution in [3.05, 3.63) is 46.2 Å². The summed E-state index contributed by atoms with van der Waals surface area (Å²) in [4.78, 5) is 22.8. The van der Waals surface area contributed by atoms with Gasteiger partial charge in [0.15, 0.2) is 0 Å². The Labute approximate surface area is 144 Å². The van der Waals surface area contributed by atoms with Crippen molar-refractivity contribution in [2.75, 3.05) is 18.4 Å². The summed E-state index contributed by atoms with van der Waals surface area (Å²) in [6.45, 7) is 1.57. The van der Waals surface area contributed by atoms with E-state index in [-0.39, 0.29) is 5.91 Å². The molecular weight excluding hydrogens is 335 g/mol. The highest BCUT2D eigenvalue weighted by Gasteiger charge is 2.19. The first-order chi connectivity index (χ1) is 11.1. The second-order valence-electron chi connectivity index (χ2n) is 5.37. The van der Waals surface area contributed by atoms with Crippen LogP contribution in [0.5, 0.6) is 0 Å². The van der Waals surface area contributed by atoms with Crippen LogP contribution in [0, 0.1) is 0 Å². The lowest BCUT2D eigenvalue weighted by molar-refractivity contribution is 0.0718. The van der Waals surface area contributed by atoms with Crippen molar-refractivity contribution in [3.63, 3.8) is 0 Å². The van der Waals surface area contributed by atoms with E-state index in [1.54, 1.807) is 30.5 Å². The highest BCUT2D eigenvalue weighted by atomic mass is 35.5. The van der Waals surface area contributed by atoms with Crippen molar-refractivity contribution < 1.29 is 4.79 Å². The van der Waals surface area contributed by atoms with Gasteiger partial charge in [-0.15, -0.1) is 0 Å². The summed E-state index contributed by atoms with van der Waals surface area (Å²) in [5, 5.41) is 4.03. The molecule has 0 saturated carbocycles. The Bertz CT molecular complexity index is 717. The van der Waals surface area contributed by atoms with Crippen molar-refractivity contribution in [2.24, 2.45) is 0 Å². The number of likely N-dealkylation sites (tertiary alicyclic amines) is 1. The van der Waals surface area contributed by atoms with E-state index < -0.39 is 0 Å². The number of benzene rings is 1. The lowest BCUT2D eigenvalue weighted by Crippen LogP contribution is -2.36. The van der Waals surface area contributed by atoms with Crippen LogP contribution in [0.25, 0.3) is 0 Å². The predicted octanol–water partition coefficient (Wildman–Crippen LogP) is 4.15. The van der Waals surface area contributed by atoms with E-state index in [1.165, 1.54) is 6.42 Å². The van der Waals surface area contributed by atoms with Gasteiger partial charge in [-0.2, -0.15) is 0 Å². The Morgan fingerprint density at radius 1 is 1.13 bits per heavy atom. The van der Waals surface area contributed by atoms with Gasteiger partial charge in [0.05, 0.1) is 10.7 Å². The van der Waals surface area contributed by atoms with Crippen LogP contribution in [0.3, 0.4) is 0 Å². The van der Waals surface area contributed by atoms with Gasteiger partial charge in [0, 0.05) is 24.3 Å². The summed E-state index contributed by atoms with van der Waals surface area (Å²) in [7, 11) is 0. The topological polar surface area (TPSA) is 58.1 Å². The normalized spacial score (nSPS) is 14.6. The standard InChI is InChI=1S/C16H16Cl2N4O/c17-11-4-5-13(12(18)10-11)20-16-19-7-6-14(21-16)15(23)22-8-2-1-3-9-22/h4-7,10H,1-3,8-9H2,(H,19,20,21). The number of hydrogen-bond acceptors (Lipinski definition) is 4. The SMILES string of the molecule is O=C(c1ccnc(Nc2ccc(Cl)cc2Cl)n1)N1CCCCC1. The summed E-state index contributed by atoms with van der Waals surface area (Å²) in [5.41, 5.74) is 1.02. The maximum Gasteiger partial charge on any atom is 0.272 e. The Balaban J connectivity index is 1.78. The first-order valence-corrected chi connectivity index (χ1v) is 8.23. The molecule has 1 aliphatic heterocycles. The second kappa shape index (κ2) is 7.15. The third-order valence-electron chi connectivity index (χ3n) is 3.70. The Morgan fingerprint density at radius 2 is 1.91 bits per heavy atom. The number of nitrogens with one attached hydrogen (secondary N) is 1. The zero-order valence-corrected chi connectivity index (χ0v) is 13.9. The number of aromatic nitrogens is 2. The Morgan fingerprint density at radius 3 is 2.65 bits per heavy atom. The predicted molar refractivity (Wildman–Crippen MR) is 91.5 cm³/mol. The molecule has 2 aromatic rings. The van der Waals surface area contributed by atoms with E-state index in [4.69, 9.17) is 23.2 Å². The molecule has 3 rings (SSSR count). The minimum absolute atomic E-state index is 0.0580. The molecule has 2 heterocycles. The van der Waals surface area contributed by atoms with Crippen LogP contribution in [-0.2, 0) is 0 Å². The third-order valence-corrected chi connectivity index (χ3v) is 4.24. The van der Waals surface area contributed by atoms with Crippen LogP contribution in [0.1, 0.15) is 29.8 Å². The fraction of sp³-hybridized carbons (Fsp3) is 0.312. The molecule has 0 bridgehead atoms. The molecule has 0 radical (unpaired) electrons. The summed E-state index contributed by atoms with van der Waals surface area (Å²) in [6, 6.07) is 6.73. The lowest BCUT2D eigenvalue weighted by Gasteiger charge is -2.26. The largest absolute Gasteiger partial charge is 0.337 e. The summed E-state index contributed by atoms with van der Waals surface area (Å²) < 4.78 is 0. The van der Waals surface area contributed by atoms with Crippen LogP contribution < -0.4 is 5.32 Å². The van der Waals surface area contributed by atoms with Gasteiger partial charge in [0.1, 0.15) is 5.69 Å². The van der Waals surface area contributed by atoms with Gasteiger partial charge in [0.2, 0.25) is 5.95 Å². The van der Waals surface area contributed by atoms with Crippen molar-refractivity contribution in [1.82, 2.24) is 14.9 Å². The number of carbonyl (C=O) groups is 1. The molecule has 120 valence electrons. The number of carbonyl (C=O) groups excluding carboxylic acids is 1. The van der Waals surface area contributed by atoms with Crippen LogP contribution >= 0.6 is 23.2 Å². The minimum atomic E-state index is -0.0580. The molecule has 1 aromatic carbocycles. The maximum atomic E-state index is 12.5. The number of rotatable bonds is 3. The van der Waals surface area contributed by atoms with Gasteiger partial charge in [0.25, 0.3) is 5.91 Å². The molecule has 7 heteroatoms. The molecule has 0 aliphatic carbocycles. The number of hydrogen-bond donors (Lipinski definition) is 1. The van der Waals surface area contributed by atoms with E-state index in [2.05, 4.69) is 15.3 Å². The smallest absolute Gasteiger partial charge is 0.272 e. The molecule has 0 spiro atoms. The zero-order valence-electron chi connectivity index (χ0n) is 12.4. The second-order valence-corrected chi connectivity index (χ2v) is 6.21. The molecular formula is C16H16Cl2N4O. The average molecular weight is 351 g/mol. The first kappa shape index (κ1) is 16.0. The highest BCUT2D eigenvalue weighted by molar-refractivity contribution is 6.36. The molecule has 1 saturated heterocycles. The van der Waals surface area contributed by atoms with Crippen molar-refractivity contribution >= 4 is 40.7 Å². The third kappa shape index (κ3) is 3.92. The summed E-state index contributed by atoms with van der Waals surface area (Å²) >= 11 is 12.0. The Hall–Kier alpha value is -1.85.